The summed E-state index contributed by atoms with van der Waals surface area (Å²) in [6, 6.07) is 14.4. The molecule has 0 saturated carbocycles. The smallest absolute Gasteiger partial charge is 0.123 e. The summed E-state index contributed by atoms with van der Waals surface area (Å²) in [6.07, 6.45) is 0.918. The Kier molecular flexibility index (Phi) is 4.18. The zero-order valence-electron chi connectivity index (χ0n) is 10.3. The molecule has 0 bridgehead atoms. The molecule has 0 heterocycles. The van der Waals surface area contributed by atoms with Gasteiger partial charge in [-0.25, -0.2) is 4.39 Å². The molecule has 0 aliphatic carbocycles. The number of halogens is 1. The van der Waals surface area contributed by atoms with Crippen LogP contribution in [0.15, 0.2) is 48.5 Å². The maximum Gasteiger partial charge on any atom is 0.123 e. The maximum absolute atomic E-state index is 12.7. The van der Waals surface area contributed by atoms with Crippen molar-refractivity contribution in [1.29, 1.82) is 0 Å². The van der Waals surface area contributed by atoms with E-state index in [0.29, 0.717) is 0 Å². The Morgan fingerprint density at radius 2 is 1.67 bits per heavy atom. The van der Waals surface area contributed by atoms with Crippen molar-refractivity contribution in [2.45, 2.75) is 6.42 Å². The normalized spacial score (nSPS) is 10.1. The van der Waals surface area contributed by atoms with Gasteiger partial charge in [0, 0.05) is 12.2 Å². The van der Waals surface area contributed by atoms with Crippen molar-refractivity contribution in [3.05, 3.63) is 59.9 Å². The molecule has 2 aromatic carbocycles. The molecule has 2 rings (SSSR count). The van der Waals surface area contributed by atoms with Crippen molar-refractivity contribution in [2.24, 2.45) is 0 Å². The van der Waals surface area contributed by atoms with Gasteiger partial charge < -0.3 is 10.1 Å². The minimum Gasteiger partial charge on any atom is -0.497 e. The van der Waals surface area contributed by atoms with E-state index >= 15 is 0 Å². The summed E-state index contributed by atoms with van der Waals surface area (Å²) in [6.45, 7) is 0.817. The highest BCUT2D eigenvalue weighted by atomic mass is 19.1. The van der Waals surface area contributed by atoms with Gasteiger partial charge in [0.05, 0.1) is 7.11 Å². The minimum absolute atomic E-state index is 0.212. The summed E-state index contributed by atoms with van der Waals surface area (Å²) < 4.78 is 17.8. The standard InChI is InChI=1S/C15H16FNO/c1-18-15-8-2-12(3-9-15)10-11-17-14-6-4-13(16)5-7-14/h2-9,17H,10-11H2,1H3. The first kappa shape index (κ1) is 12.4. The lowest BCUT2D eigenvalue weighted by Crippen LogP contribution is -2.04. The van der Waals surface area contributed by atoms with Crippen molar-refractivity contribution in [2.75, 3.05) is 19.0 Å². The van der Waals surface area contributed by atoms with Crippen LogP contribution in [0.4, 0.5) is 10.1 Å². The molecule has 18 heavy (non-hydrogen) atoms. The molecule has 0 saturated heterocycles. The van der Waals surface area contributed by atoms with Crippen LogP contribution >= 0.6 is 0 Å². The molecule has 1 N–H and O–H groups in total. The first-order chi connectivity index (χ1) is 8.78. The van der Waals surface area contributed by atoms with Crippen LogP contribution in [0, 0.1) is 5.82 Å². The zero-order chi connectivity index (χ0) is 12.8. The Labute approximate surface area is 106 Å². The Hall–Kier alpha value is -2.03. The number of hydrogen-bond donors (Lipinski definition) is 1. The minimum atomic E-state index is -0.212. The topological polar surface area (TPSA) is 21.3 Å². The summed E-state index contributed by atoms with van der Waals surface area (Å²) in [4.78, 5) is 0. The molecule has 0 amide bonds. The molecule has 0 atom stereocenters. The zero-order valence-corrected chi connectivity index (χ0v) is 10.3. The summed E-state index contributed by atoms with van der Waals surface area (Å²) in [5.74, 6) is 0.654. The van der Waals surface area contributed by atoms with E-state index in [-0.39, 0.29) is 5.82 Å². The lowest BCUT2D eigenvalue weighted by molar-refractivity contribution is 0.414. The van der Waals surface area contributed by atoms with Crippen molar-refractivity contribution in [3.63, 3.8) is 0 Å². The van der Waals surface area contributed by atoms with Crippen LogP contribution in [-0.4, -0.2) is 13.7 Å². The molecule has 0 spiro atoms. The van der Waals surface area contributed by atoms with E-state index < -0.39 is 0 Å². The van der Waals surface area contributed by atoms with Crippen molar-refractivity contribution >= 4 is 5.69 Å². The number of benzene rings is 2. The van der Waals surface area contributed by atoms with E-state index in [4.69, 9.17) is 4.74 Å². The molecule has 0 fully saturated rings. The molecular weight excluding hydrogens is 229 g/mol. The van der Waals surface area contributed by atoms with Gasteiger partial charge in [-0.1, -0.05) is 12.1 Å². The molecule has 2 aromatic rings. The molecular formula is C15H16FNO. The van der Waals surface area contributed by atoms with Crippen LogP contribution < -0.4 is 10.1 Å². The molecule has 3 heteroatoms. The summed E-state index contributed by atoms with van der Waals surface area (Å²) in [7, 11) is 1.66. The van der Waals surface area contributed by atoms with Gasteiger partial charge in [-0.2, -0.15) is 0 Å². The average Bonchev–Trinajstić information content (AvgIpc) is 2.42. The Morgan fingerprint density at radius 1 is 1.00 bits per heavy atom. The third kappa shape index (κ3) is 3.48. The Morgan fingerprint density at radius 3 is 2.28 bits per heavy atom. The fourth-order valence-corrected chi connectivity index (χ4v) is 1.71. The first-order valence-corrected chi connectivity index (χ1v) is 5.90. The monoisotopic (exact) mass is 245 g/mol. The number of methoxy groups -OCH3 is 1. The fourth-order valence-electron chi connectivity index (χ4n) is 1.71. The van der Waals surface area contributed by atoms with E-state index in [1.807, 2.05) is 24.3 Å². The van der Waals surface area contributed by atoms with Gasteiger partial charge in [-0.15, -0.1) is 0 Å². The van der Waals surface area contributed by atoms with Gasteiger partial charge >= 0.3 is 0 Å². The van der Waals surface area contributed by atoms with Crippen LogP contribution in [-0.2, 0) is 6.42 Å². The van der Waals surface area contributed by atoms with Gasteiger partial charge in [0.1, 0.15) is 11.6 Å². The van der Waals surface area contributed by atoms with Gasteiger partial charge in [-0.3, -0.25) is 0 Å². The highest BCUT2D eigenvalue weighted by Gasteiger charge is 1.96. The molecule has 0 aliphatic heterocycles. The van der Waals surface area contributed by atoms with Gasteiger partial charge in [0.15, 0.2) is 0 Å². The SMILES string of the molecule is COc1ccc(CCNc2ccc(F)cc2)cc1. The highest BCUT2D eigenvalue weighted by molar-refractivity contribution is 5.43. The Balaban J connectivity index is 1.82. The second kappa shape index (κ2) is 6.05. The maximum atomic E-state index is 12.7. The summed E-state index contributed by atoms with van der Waals surface area (Å²) in [5.41, 5.74) is 2.18. The predicted molar refractivity (Wildman–Crippen MR) is 71.6 cm³/mol. The van der Waals surface area contributed by atoms with Crippen molar-refractivity contribution in [1.82, 2.24) is 0 Å². The third-order valence-corrected chi connectivity index (χ3v) is 2.75. The molecule has 94 valence electrons. The van der Waals surface area contributed by atoms with Crippen molar-refractivity contribution in [3.8, 4) is 5.75 Å². The van der Waals surface area contributed by atoms with Crippen LogP contribution in [0.25, 0.3) is 0 Å². The van der Waals surface area contributed by atoms with Gasteiger partial charge in [-0.05, 0) is 48.4 Å². The fraction of sp³-hybridized carbons (Fsp3) is 0.200. The molecule has 2 nitrogen and oxygen atoms in total. The second-order valence-corrected chi connectivity index (χ2v) is 4.03. The van der Waals surface area contributed by atoms with E-state index in [1.165, 1.54) is 17.7 Å². The van der Waals surface area contributed by atoms with E-state index in [0.717, 1.165) is 24.4 Å². The number of rotatable bonds is 5. The van der Waals surface area contributed by atoms with Crippen molar-refractivity contribution < 1.29 is 9.13 Å². The number of anilines is 1. The Bertz CT molecular complexity index is 479. The summed E-state index contributed by atoms with van der Waals surface area (Å²) >= 11 is 0. The number of hydrogen-bond acceptors (Lipinski definition) is 2. The quantitative estimate of drug-likeness (QED) is 0.870. The second-order valence-electron chi connectivity index (χ2n) is 4.03. The van der Waals surface area contributed by atoms with Crippen LogP contribution in [0.3, 0.4) is 0 Å². The molecule has 0 aromatic heterocycles. The van der Waals surface area contributed by atoms with E-state index in [2.05, 4.69) is 5.32 Å². The van der Waals surface area contributed by atoms with Crippen LogP contribution in [0.1, 0.15) is 5.56 Å². The molecule has 0 aliphatic rings. The molecule has 0 radical (unpaired) electrons. The number of ether oxygens (including phenoxy) is 1. The largest absolute Gasteiger partial charge is 0.497 e. The highest BCUT2D eigenvalue weighted by Crippen LogP contribution is 2.12. The third-order valence-electron chi connectivity index (χ3n) is 2.75. The van der Waals surface area contributed by atoms with E-state index in [1.54, 1.807) is 19.2 Å². The average molecular weight is 245 g/mol. The number of nitrogens with one attached hydrogen (secondary N) is 1. The van der Waals surface area contributed by atoms with Gasteiger partial charge in [0.25, 0.3) is 0 Å². The van der Waals surface area contributed by atoms with Crippen LogP contribution in [0.2, 0.25) is 0 Å². The molecule has 0 unspecified atom stereocenters. The first-order valence-electron chi connectivity index (χ1n) is 5.90. The summed E-state index contributed by atoms with van der Waals surface area (Å²) in [5, 5.41) is 3.25. The van der Waals surface area contributed by atoms with Gasteiger partial charge in [0.2, 0.25) is 0 Å². The van der Waals surface area contributed by atoms with E-state index in [9.17, 15) is 4.39 Å². The lowest BCUT2D eigenvalue weighted by Gasteiger charge is -2.07. The lowest BCUT2D eigenvalue weighted by atomic mass is 10.1. The van der Waals surface area contributed by atoms with Crippen LogP contribution in [0.5, 0.6) is 5.75 Å². The predicted octanol–water partition coefficient (Wildman–Crippen LogP) is 3.49.